The number of anilines is 1. The Morgan fingerprint density at radius 1 is 1.11 bits per heavy atom. The molecule has 0 saturated carbocycles. The molecule has 140 valence electrons. The summed E-state index contributed by atoms with van der Waals surface area (Å²) in [5, 5.41) is 15.6. The number of aryl methyl sites for hydroxylation is 1. The molecule has 0 amide bonds. The zero-order valence-electron chi connectivity index (χ0n) is 14.8. The van der Waals surface area contributed by atoms with Crippen LogP contribution in [0.5, 0.6) is 5.75 Å². The molecule has 27 heavy (non-hydrogen) atoms. The van der Waals surface area contributed by atoms with Gasteiger partial charge < -0.3 is 20.7 Å². The van der Waals surface area contributed by atoms with Gasteiger partial charge in [0.2, 0.25) is 0 Å². The van der Waals surface area contributed by atoms with Crippen LogP contribution in [0.4, 0.5) is 5.69 Å². The second-order valence-electron chi connectivity index (χ2n) is 5.72. The summed E-state index contributed by atoms with van der Waals surface area (Å²) >= 11 is 0. The minimum Gasteiger partial charge on any atom is -0.497 e. The van der Waals surface area contributed by atoms with Crippen molar-refractivity contribution in [3.05, 3.63) is 65.5 Å². The van der Waals surface area contributed by atoms with E-state index < -0.39 is 11.9 Å². The second kappa shape index (κ2) is 9.19. The lowest BCUT2D eigenvalue weighted by Gasteiger charge is -2.17. The predicted molar refractivity (Wildman–Crippen MR) is 102 cm³/mol. The van der Waals surface area contributed by atoms with Crippen LogP contribution >= 0.6 is 0 Å². The summed E-state index contributed by atoms with van der Waals surface area (Å²) < 4.78 is 5.28. The molecule has 1 aliphatic carbocycles. The first-order valence-corrected chi connectivity index (χ1v) is 8.12. The Morgan fingerprint density at radius 2 is 1.81 bits per heavy atom. The number of nitrogen functional groups attached to an aromatic ring is 1. The topological polar surface area (TPSA) is 123 Å². The number of carboxylic acid groups (broad SMARTS) is 2. The Morgan fingerprint density at radius 3 is 2.41 bits per heavy atom. The van der Waals surface area contributed by atoms with Crippen molar-refractivity contribution in [2.45, 2.75) is 12.8 Å². The molecule has 1 aromatic carbocycles. The molecule has 7 nitrogen and oxygen atoms in total. The van der Waals surface area contributed by atoms with E-state index in [0.717, 1.165) is 30.0 Å². The van der Waals surface area contributed by atoms with E-state index in [1.807, 2.05) is 18.2 Å². The summed E-state index contributed by atoms with van der Waals surface area (Å²) in [5.41, 5.74) is 11.3. The largest absolute Gasteiger partial charge is 0.497 e. The van der Waals surface area contributed by atoms with Gasteiger partial charge in [-0.15, -0.1) is 0 Å². The number of hydrogen-bond donors (Lipinski definition) is 3. The monoisotopic (exact) mass is 368 g/mol. The molecule has 0 unspecified atom stereocenters. The molecule has 2 aromatic rings. The Hall–Kier alpha value is -3.61. The highest BCUT2D eigenvalue weighted by Gasteiger charge is 2.13. The van der Waals surface area contributed by atoms with Gasteiger partial charge in [0.15, 0.2) is 0 Å². The number of fused-ring (bicyclic) bond motifs is 1. The van der Waals surface area contributed by atoms with Gasteiger partial charge in [0.1, 0.15) is 5.75 Å². The van der Waals surface area contributed by atoms with Crippen molar-refractivity contribution < 1.29 is 24.5 Å². The average molecular weight is 368 g/mol. The number of aromatic nitrogens is 1. The number of ether oxygens (including phenoxy) is 1. The van der Waals surface area contributed by atoms with Gasteiger partial charge in [0.05, 0.1) is 12.8 Å². The molecule has 3 rings (SSSR count). The second-order valence-corrected chi connectivity index (χ2v) is 5.72. The fourth-order valence-corrected chi connectivity index (χ4v) is 2.56. The number of benzene rings is 1. The van der Waals surface area contributed by atoms with Crippen molar-refractivity contribution in [3.63, 3.8) is 0 Å². The highest BCUT2D eigenvalue weighted by Crippen LogP contribution is 2.31. The normalized spacial score (nSPS) is 12.4. The lowest BCUT2D eigenvalue weighted by atomic mass is 9.90. The fraction of sp³-hybridized carbons (Fsp3) is 0.150. The molecule has 0 radical (unpaired) electrons. The molecule has 7 heteroatoms. The molecule has 0 fully saturated rings. The molecule has 1 heterocycles. The van der Waals surface area contributed by atoms with Crippen molar-refractivity contribution in [2.24, 2.45) is 0 Å². The van der Waals surface area contributed by atoms with Crippen LogP contribution in [0.1, 0.15) is 23.2 Å². The van der Waals surface area contributed by atoms with E-state index in [1.54, 1.807) is 13.3 Å². The summed E-state index contributed by atoms with van der Waals surface area (Å²) in [7, 11) is 1.69. The number of rotatable bonds is 4. The van der Waals surface area contributed by atoms with E-state index in [4.69, 9.17) is 20.7 Å². The summed E-state index contributed by atoms with van der Waals surface area (Å²) in [6.45, 7) is 0. The number of carboxylic acids is 2. The molecule has 0 saturated heterocycles. The maximum Gasteiger partial charge on any atom is 0.328 e. The molecular weight excluding hydrogens is 348 g/mol. The van der Waals surface area contributed by atoms with Gasteiger partial charge in [-0.25, -0.2) is 9.59 Å². The van der Waals surface area contributed by atoms with E-state index in [1.165, 1.54) is 16.7 Å². The van der Waals surface area contributed by atoms with Gasteiger partial charge in [-0.2, -0.15) is 0 Å². The Bertz CT molecular complexity index is 887. The summed E-state index contributed by atoms with van der Waals surface area (Å²) in [5.74, 6) is -1.63. The molecule has 0 atom stereocenters. The van der Waals surface area contributed by atoms with Crippen molar-refractivity contribution >= 4 is 29.3 Å². The van der Waals surface area contributed by atoms with Crippen molar-refractivity contribution in [3.8, 4) is 5.75 Å². The van der Waals surface area contributed by atoms with Gasteiger partial charge in [0, 0.05) is 24.0 Å². The highest BCUT2D eigenvalue weighted by molar-refractivity contribution is 5.89. The minimum absolute atomic E-state index is 0.558. The maximum absolute atomic E-state index is 9.55. The van der Waals surface area contributed by atoms with E-state index in [0.29, 0.717) is 12.2 Å². The lowest BCUT2D eigenvalue weighted by molar-refractivity contribution is -0.134. The van der Waals surface area contributed by atoms with Crippen LogP contribution in [0.2, 0.25) is 0 Å². The van der Waals surface area contributed by atoms with Crippen molar-refractivity contribution in [1.29, 1.82) is 0 Å². The van der Waals surface area contributed by atoms with E-state index >= 15 is 0 Å². The zero-order chi connectivity index (χ0) is 19.8. The van der Waals surface area contributed by atoms with Crippen LogP contribution in [0, 0.1) is 0 Å². The minimum atomic E-state index is -1.26. The number of pyridine rings is 1. The van der Waals surface area contributed by atoms with E-state index in [2.05, 4.69) is 23.2 Å². The number of carbonyl (C=O) groups is 2. The Kier molecular flexibility index (Phi) is 6.71. The first-order valence-electron chi connectivity index (χ1n) is 8.12. The lowest BCUT2D eigenvalue weighted by Crippen LogP contribution is -2.01. The third kappa shape index (κ3) is 6.00. The number of methoxy groups -OCH3 is 1. The zero-order valence-corrected chi connectivity index (χ0v) is 14.8. The highest BCUT2D eigenvalue weighted by atomic mass is 16.5. The first-order chi connectivity index (χ1) is 12.9. The molecule has 4 N–H and O–H groups in total. The van der Waals surface area contributed by atoms with Crippen LogP contribution in [0.3, 0.4) is 0 Å². The summed E-state index contributed by atoms with van der Waals surface area (Å²) in [4.78, 5) is 23.5. The summed E-state index contributed by atoms with van der Waals surface area (Å²) in [6.07, 6.45) is 7.08. The van der Waals surface area contributed by atoms with E-state index in [-0.39, 0.29) is 0 Å². The summed E-state index contributed by atoms with van der Waals surface area (Å²) in [6, 6.07) is 9.95. The number of allylic oxidation sites excluding steroid dienone is 1. The van der Waals surface area contributed by atoms with E-state index in [9.17, 15) is 9.59 Å². The Balaban J connectivity index is 0.000000279. The molecule has 0 aliphatic heterocycles. The standard InChI is InChI=1S/C16H16N2O.C4H4O4/c1-19-15-5-4-11-2-3-12(8-13(11)9-15)16-10-14(17)6-7-18-16;5-3(6)1-2-4(7)8/h4-10H,2-3H2,1H3,(H2,17,18);1-2H,(H,5,6)(H,7,8)/b;2-1+. The van der Waals surface area contributed by atoms with Crippen LogP contribution in [0.25, 0.3) is 11.6 Å². The third-order valence-electron chi connectivity index (χ3n) is 3.83. The van der Waals surface area contributed by atoms with Crippen LogP contribution in [0.15, 0.2) is 48.7 Å². The number of aliphatic carboxylic acids is 2. The SMILES string of the molecule is COc1ccc2c(c1)C=C(c1cc(N)ccn1)CC2.O=C(O)/C=C/C(=O)O. The maximum atomic E-state index is 9.55. The van der Waals surface area contributed by atoms with Gasteiger partial charge in [-0.1, -0.05) is 6.07 Å². The molecule has 0 bridgehead atoms. The number of nitrogens with two attached hydrogens (primary N) is 1. The average Bonchev–Trinajstić information content (AvgIpc) is 2.66. The predicted octanol–water partition coefficient (Wildman–Crippen LogP) is 2.87. The number of hydrogen-bond acceptors (Lipinski definition) is 5. The van der Waals surface area contributed by atoms with Gasteiger partial charge >= 0.3 is 11.9 Å². The molecule has 0 spiro atoms. The van der Waals surface area contributed by atoms with Crippen LogP contribution in [-0.2, 0) is 16.0 Å². The van der Waals surface area contributed by atoms with Crippen molar-refractivity contribution in [2.75, 3.05) is 12.8 Å². The first kappa shape index (κ1) is 19.7. The van der Waals surface area contributed by atoms with Gasteiger partial charge in [-0.3, -0.25) is 4.98 Å². The van der Waals surface area contributed by atoms with Crippen LogP contribution < -0.4 is 10.5 Å². The van der Waals surface area contributed by atoms with Gasteiger partial charge in [-0.05, 0) is 59.9 Å². The smallest absolute Gasteiger partial charge is 0.328 e. The fourth-order valence-electron chi connectivity index (χ4n) is 2.56. The third-order valence-corrected chi connectivity index (χ3v) is 3.83. The van der Waals surface area contributed by atoms with Crippen LogP contribution in [-0.4, -0.2) is 34.2 Å². The quantitative estimate of drug-likeness (QED) is 0.709. The van der Waals surface area contributed by atoms with Crippen molar-refractivity contribution in [1.82, 2.24) is 4.98 Å². The Labute approximate surface area is 156 Å². The molecular formula is C20H20N2O5. The molecule has 1 aromatic heterocycles. The molecule has 1 aliphatic rings. The number of nitrogens with zero attached hydrogens (tertiary/aromatic N) is 1. The van der Waals surface area contributed by atoms with Gasteiger partial charge in [0.25, 0.3) is 0 Å².